The van der Waals surface area contributed by atoms with E-state index < -0.39 is 0 Å². The van der Waals surface area contributed by atoms with E-state index in [1.165, 1.54) is 0 Å². The standard InChI is InChI=1S/C14H7BrCl2N2/c15-10-1-2-11(13(16)7-10)14(17)12(8-18)9-3-5-19-6-4-9/h1-7H/b14-12-. The predicted molar refractivity (Wildman–Crippen MR) is 81.7 cm³/mol. The summed E-state index contributed by atoms with van der Waals surface area (Å²) in [6, 6.07) is 10.9. The van der Waals surface area contributed by atoms with E-state index >= 15 is 0 Å². The van der Waals surface area contributed by atoms with Gasteiger partial charge in [-0.2, -0.15) is 5.26 Å². The lowest BCUT2D eigenvalue weighted by Crippen LogP contribution is -1.88. The van der Waals surface area contributed by atoms with E-state index in [0.717, 1.165) is 4.47 Å². The molecule has 0 atom stereocenters. The van der Waals surface area contributed by atoms with Gasteiger partial charge in [0.05, 0.1) is 15.6 Å². The summed E-state index contributed by atoms with van der Waals surface area (Å²) >= 11 is 15.8. The molecule has 0 aliphatic rings. The summed E-state index contributed by atoms with van der Waals surface area (Å²) in [7, 11) is 0. The van der Waals surface area contributed by atoms with Gasteiger partial charge in [-0.05, 0) is 29.8 Å². The third-order valence-electron chi connectivity index (χ3n) is 2.47. The van der Waals surface area contributed by atoms with Crippen LogP contribution in [0.2, 0.25) is 5.02 Å². The number of allylic oxidation sites excluding steroid dienone is 1. The van der Waals surface area contributed by atoms with E-state index in [9.17, 15) is 5.26 Å². The highest BCUT2D eigenvalue weighted by Crippen LogP contribution is 2.34. The smallest absolute Gasteiger partial charge is 0.101 e. The monoisotopic (exact) mass is 352 g/mol. The molecule has 2 rings (SSSR count). The Labute approximate surface area is 129 Å². The molecule has 0 spiro atoms. The first kappa shape index (κ1) is 14.1. The molecule has 0 unspecified atom stereocenters. The van der Waals surface area contributed by atoms with E-state index in [4.69, 9.17) is 23.2 Å². The van der Waals surface area contributed by atoms with E-state index in [1.54, 1.807) is 36.7 Å². The summed E-state index contributed by atoms with van der Waals surface area (Å²) in [6.45, 7) is 0. The summed E-state index contributed by atoms with van der Waals surface area (Å²) in [5.41, 5.74) is 1.70. The van der Waals surface area contributed by atoms with E-state index in [2.05, 4.69) is 27.0 Å². The Hall–Kier alpha value is -1.34. The van der Waals surface area contributed by atoms with Crippen molar-refractivity contribution >= 4 is 49.7 Å². The molecule has 1 heterocycles. The number of hydrogen-bond donors (Lipinski definition) is 0. The second-order valence-electron chi connectivity index (χ2n) is 3.66. The van der Waals surface area contributed by atoms with E-state index in [-0.39, 0.29) is 0 Å². The number of nitrogens with zero attached hydrogens (tertiary/aromatic N) is 2. The highest BCUT2D eigenvalue weighted by atomic mass is 79.9. The van der Waals surface area contributed by atoms with Crippen molar-refractivity contribution in [1.82, 2.24) is 4.98 Å². The molecular formula is C14H7BrCl2N2. The Kier molecular flexibility index (Phi) is 4.60. The summed E-state index contributed by atoms with van der Waals surface area (Å²) < 4.78 is 0.855. The number of pyridine rings is 1. The maximum absolute atomic E-state index is 9.29. The van der Waals surface area contributed by atoms with Crippen molar-refractivity contribution in [3.05, 3.63) is 63.3 Å². The number of nitriles is 1. The molecule has 5 heteroatoms. The van der Waals surface area contributed by atoms with Crippen molar-refractivity contribution < 1.29 is 0 Å². The van der Waals surface area contributed by atoms with Gasteiger partial charge in [-0.15, -0.1) is 0 Å². The van der Waals surface area contributed by atoms with Gasteiger partial charge in [-0.1, -0.05) is 45.2 Å². The first-order chi connectivity index (χ1) is 9.13. The molecule has 0 amide bonds. The van der Waals surface area contributed by atoms with Crippen LogP contribution in [0.4, 0.5) is 0 Å². The molecule has 0 radical (unpaired) electrons. The number of aromatic nitrogens is 1. The first-order valence-corrected chi connectivity index (χ1v) is 6.84. The number of hydrogen-bond acceptors (Lipinski definition) is 2. The summed E-state index contributed by atoms with van der Waals surface area (Å²) in [6.07, 6.45) is 3.22. The van der Waals surface area contributed by atoms with Crippen LogP contribution in [0.15, 0.2) is 47.2 Å². The zero-order chi connectivity index (χ0) is 13.8. The van der Waals surface area contributed by atoms with E-state index in [1.807, 2.05) is 6.07 Å². The van der Waals surface area contributed by atoms with Gasteiger partial charge in [-0.3, -0.25) is 4.98 Å². The first-order valence-electron chi connectivity index (χ1n) is 5.29. The van der Waals surface area contributed by atoms with Crippen LogP contribution < -0.4 is 0 Å². The van der Waals surface area contributed by atoms with Crippen LogP contribution in [0.25, 0.3) is 10.6 Å². The molecule has 0 bridgehead atoms. The van der Waals surface area contributed by atoms with Crippen molar-refractivity contribution in [2.24, 2.45) is 0 Å². The van der Waals surface area contributed by atoms with Gasteiger partial charge < -0.3 is 0 Å². The minimum atomic E-state index is 0.325. The molecule has 2 nitrogen and oxygen atoms in total. The van der Waals surface area contributed by atoms with Gasteiger partial charge in [0, 0.05) is 22.4 Å². The lowest BCUT2D eigenvalue weighted by atomic mass is 10.0. The molecule has 2 aromatic rings. The van der Waals surface area contributed by atoms with Crippen molar-refractivity contribution in [1.29, 1.82) is 5.26 Å². The Morgan fingerprint density at radius 3 is 2.47 bits per heavy atom. The zero-order valence-electron chi connectivity index (χ0n) is 9.57. The lowest BCUT2D eigenvalue weighted by molar-refractivity contribution is 1.32. The minimum absolute atomic E-state index is 0.325. The van der Waals surface area contributed by atoms with E-state index in [0.29, 0.717) is 26.8 Å². The van der Waals surface area contributed by atoms with Crippen molar-refractivity contribution in [2.45, 2.75) is 0 Å². The fraction of sp³-hybridized carbons (Fsp3) is 0. The van der Waals surface area contributed by atoms with Crippen LogP contribution in [0.5, 0.6) is 0 Å². The topological polar surface area (TPSA) is 36.7 Å². The van der Waals surface area contributed by atoms with Gasteiger partial charge in [0.1, 0.15) is 6.07 Å². The van der Waals surface area contributed by atoms with Crippen LogP contribution >= 0.6 is 39.1 Å². The third kappa shape index (κ3) is 3.16. The predicted octanol–water partition coefficient (Wildman–Crippen LogP) is 5.13. The van der Waals surface area contributed by atoms with Crippen molar-refractivity contribution in [3.63, 3.8) is 0 Å². The Bertz CT molecular complexity index is 676. The van der Waals surface area contributed by atoms with Gasteiger partial charge in [0.15, 0.2) is 0 Å². The highest BCUT2D eigenvalue weighted by Gasteiger charge is 2.12. The molecular weight excluding hydrogens is 347 g/mol. The highest BCUT2D eigenvalue weighted by molar-refractivity contribution is 9.10. The third-order valence-corrected chi connectivity index (χ3v) is 3.67. The minimum Gasteiger partial charge on any atom is -0.265 e. The van der Waals surface area contributed by atoms with Crippen LogP contribution in [0, 0.1) is 11.3 Å². The molecule has 0 aliphatic carbocycles. The SMILES string of the molecule is N#C/C(=C(/Cl)c1ccc(Br)cc1Cl)c1ccncc1. The Morgan fingerprint density at radius 1 is 1.21 bits per heavy atom. The van der Waals surface area contributed by atoms with Crippen molar-refractivity contribution in [2.75, 3.05) is 0 Å². The number of rotatable bonds is 2. The average Bonchev–Trinajstić information content (AvgIpc) is 2.40. The van der Waals surface area contributed by atoms with Gasteiger partial charge in [0.25, 0.3) is 0 Å². The second-order valence-corrected chi connectivity index (χ2v) is 5.36. The molecule has 1 aromatic heterocycles. The lowest BCUT2D eigenvalue weighted by Gasteiger charge is -2.06. The van der Waals surface area contributed by atoms with Gasteiger partial charge >= 0.3 is 0 Å². The molecule has 19 heavy (non-hydrogen) atoms. The maximum atomic E-state index is 9.29. The Morgan fingerprint density at radius 2 is 1.89 bits per heavy atom. The fourth-order valence-electron chi connectivity index (χ4n) is 1.56. The fourth-order valence-corrected chi connectivity index (χ4v) is 2.69. The van der Waals surface area contributed by atoms with Gasteiger partial charge in [0.2, 0.25) is 0 Å². The molecule has 0 aliphatic heterocycles. The number of halogens is 3. The molecule has 94 valence electrons. The summed E-state index contributed by atoms with van der Waals surface area (Å²) in [5.74, 6) is 0. The normalized spacial score (nSPS) is 11.7. The van der Waals surface area contributed by atoms with Crippen LogP contribution in [-0.4, -0.2) is 4.98 Å². The van der Waals surface area contributed by atoms with Crippen molar-refractivity contribution in [3.8, 4) is 6.07 Å². The zero-order valence-corrected chi connectivity index (χ0v) is 12.7. The molecule has 0 fully saturated rings. The largest absolute Gasteiger partial charge is 0.265 e. The number of benzene rings is 1. The van der Waals surface area contributed by atoms with Crippen LogP contribution in [0.1, 0.15) is 11.1 Å². The quantitative estimate of drug-likeness (QED) is 0.702. The molecule has 0 saturated heterocycles. The maximum Gasteiger partial charge on any atom is 0.101 e. The van der Waals surface area contributed by atoms with Gasteiger partial charge in [-0.25, -0.2) is 0 Å². The average molecular weight is 354 g/mol. The molecule has 0 saturated carbocycles. The summed E-state index contributed by atoms with van der Waals surface area (Å²) in [5, 5.41) is 10.1. The molecule has 1 aromatic carbocycles. The second kappa shape index (κ2) is 6.21. The van der Waals surface area contributed by atoms with Crippen LogP contribution in [0.3, 0.4) is 0 Å². The van der Waals surface area contributed by atoms with Crippen LogP contribution in [-0.2, 0) is 0 Å². The molecule has 0 N–H and O–H groups in total. The summed E-state index contributed by atoms with van der Waals surface area (Å²) in [4.78, 5) is 3.92. The Balaban J connectivity index is 2.59.